The molecule has 0 radical (unpaired) electrons. The monoisotopic (exact) mass is 380 g/mol. The maximum atomic E-state index is 12.6. The number of nitrogens with one attached hydrogen (secondary N) is 1. The number of amides is 1. The average molecular weight is 381 g/mol. The molecule has 1 unspecified atom stereocenters. The van der Waals surface area contributed by atoms with Gasteiger partial charge in [0.2, 0.25) is 0 Å². The summed E-state index contributed by atoms with van der Waals surface area (Å²) in [5.41, 5.74) is 7.29. The van der Waals surface area contributed by atoms with Gasteiger partial charge >= 0.3 is 0 Å². The first kappa shape index (κ1) is 19.6. The van der Waals surface area contributed by atoms with Crippen LogP contribution in [0.25, 0.3) is 0 Å². The third kappa shape index (κ3) is 5.36. The van der Waals surface area contributed by atoms with E-state index in [4.69, 9.17) is 22.1 Å². The predicted molar refractivity (Wildman–Crippen MR) is 103 cm³/mol. The standard InChI is InChI=1S/C19H21ClN2O2.ClH/c20-15-9-5-13(6-10-15)12-24-18-4-2-1-3-16(18)19(23)22-17(11-21)14-7-8-14;/h1-6,9-10,14,17H,7-8,11-12,21H2,(H,22,23);1H. The SMILES string of the molecule is Cl.NCC(NC(=O)c1ccccc1OCc1ccc(Cl)cc1)C1CC1. The molecular weight excluding hydrogens is 359 g/mol. The lowest BCUT2D eigenvalue weighted by Crippen LogP contribution is -2.41. The van der Waals surface area contributed by atoms with Crippen LogP contribution >= 0.6 is 24.0 Å². The smallest absolute Gasteiger partial charge is 0.255 e. The lowest BCUT2D eigenvalue weighted by atomic mass is 10.1. The number of carbonyl (C=O) groups excluding carboxylic acids is 1. The van der Waals surface area contributed by atoms with Gasteiger partial charge in [0.1, 0.15) is 12.4 Å². The zero-order chi connectivity index (χ0) is 16.9. The quantitative estimate of drug-likeness (QED) is 0.767. The molecule has 3 rings (SSSR count). The lowest BCUT2D eigenvalue weighted by Gasteiger charge is -2.17. The summed E-state index contributed by atoms with van der Waals surface area (Å²) in [6.07, 6.45) is 2.27. The van der Waals surface area contributed by atoms with Crippen LogP contribution in [0.2, 0.25) is 5.02 Å². The van der Waals surface area contributed by atoms with Crippen LogP contribution in [-0.2, 0) is 6.61 Å². The molecule has 134 valence electrons. The molecule has 0 spiro atoms. The molecule has 0 heterocycles. The normalized spacial score (nSPS) is 14.3. The van der Waals surface area contributed by atoms with E-state index in [1.165, 1.54) is 0 Å². The fourth-order valence-corrected chi connectivity index (χ4v) is 2.76. The molecule has 3 N–H and O–H groups in total. The molecule has 4 nitrogen and oxygen atoms in total. The van der Waals surface area contributed by atoms with Gasteiger partial charge in [-0.1, -0.05) is 35.9 Å². The zero-order valence-corrected chi connectivity index (χ0v) is 15.4. The van der Waals surface area contributed by atoms with Gasteiger partial charge in [-0.05, 0) is 48.6 Å². The fraction of sp³-hybridized carbons (Fsp3) is 0.316. The van der Waals surface area contributed by atoms with Crippen LogP contribution in [0.15, 0.2) is 48.5 Å². The van der Waals surface area contributed by atoms with Crippen molar-refractivity contribution >= 4 is 29.9 Å². The highest BCUT2D eigenvalue weighted by Crippen LogP contribution is 2.32. The van der Waals surface area contributed by atoms with E-state index in [1.54, 1.807) is 12.1 Å². The molecule has 6 heteroatoms. The molecule has 0 aliphatic heterocycles. The number of para-hydroxylation sites is 1. The number of ether oxygens (including phenoxy) is 1. The highest BCUT2D eigenvalue weighted by molar-refractivity contribution is 6.30. The van der Waals surface area contributed by atoms with Gasteiger partial charge in [-0.3, -0.25) is 4.79 Å². The highest BCUT2D eigenvalue weighted by atomic mass is 35.5. The fourth-order valence-electron chi connectivity index (χ4n) is 2.64. The third-order valence-corrected chi connectivity index (χ3v) is 4.45. The van der Waals surface area contributed by atoms with Crippen molar-refractivity contribution in [2.75, 3.05) is 6.54 Å². The summed E-state index contributed by atoms with van der Waals surface area (Å²) in [5.74, 6) is 0.946. The van der Waals surface area contributed by atoms with Crippen molar-refractivity contribution in [2.24, 2.45) is 11.7 Å². The maximum Gasteiger partial charge on any atom is 0.255 e. The molecule has 1 saturated carbocycles. The van der Waals surface area contributed by atoms with Crippen LogP contribution in [0.5, 0.6) is 5.75 Å². The highest BCUT2D eigenvalue weighted by Gasteiger charge is 2.31. The molecule has 2 aromatic carbocycles. The van der Waals surface area contributed by atoms with E-state index in [0.717, 1.165) is 18.4 Å². The van der Waals surface area contributed by atoms with E-state index < -0.39 is 0 Å². The Hall–Kier alpha value is -1.75. The minimum absolute atomic E-state index is 0. The average Bonchev–Trinajstić information content (AvgIpc) is 3.44. The molecule has 25 heavy (non-hydrogen) atoms. The summed E-state index contributed by atoms with van der Waals surface area (Å²) in [4.78, 5) is 12.6. The molecule has 1 amide bonds. The van der Waals surface area contributed by atoms with Crippen molar-refractivity contribution in [2.45, 2.75) is 25.5 Å². The molecule has 0 aromatic heterocycles. The van der Waals surface area contributed by atoms with Crippen LogP contribution < -0.4 is 15.8 Å². The summed E-state index contributed by atoms with van der Waals surface area (Å²) in [6, 6.07) is 14.8. The first-order valence-electron chi connectivity index (χ1n) is 8.14. The number of hydrogen-bond donors (Lipinski definition) is 2. The second-order valence-electron chi connectivity index (χ2n) is 6.06. The number of benzene rings is 2. The van der Waals surface area contributed by atoms with Crippen LogP contribution in [0.1, 0.15) is 28.8 Å². The van der Waals surface area contributed by atoms with Gasteiger partial charge < -0.3 is 15.8 Å². The van der Waals surface area contributed by atoms with Crippen LogP contribution in [0.4, 0.5) is 0 Å². The summed E-state index contributed by atoms with van der Waals surface area (Å²) in [5, 5.41) is 3.72. The van der Waals surface area contributed by atoms with Crippen LogP contribution in [0.3, 0.4) is 0 Å². The molecule has 2 aromatic rings. The number of rotatable bonds is 7. The first-order chi connectivity index (χ1) is 11.7. The van der Waals surface area contributed by atoms with Gasteiger partial charge in [0, 0.05) is 17.6 Å². The van der Waals surface area contributed by atoms with E-state index >= 15 is 0 Å². The van der Waals surface area contributed by atoms with Gasteiger partial charge in [-0.2, -0.15) is 0 Å². The Balaban J connectivity index is 0.00000225. The zero-order valence-electron chi connectivity index (χ0n) is 13.8. The molecule has 1 atom stereocenters. The Labute approximate surface area is 159 Å². The second kappa shape index (κ2) is 9.09. The van der Waals surface area contributed by atoms with E-state index in [2.05, 4.69) is 5.32 Å². The van der Waals surface area contributed by atoms with Crippen molar-refractivity contribution < 1.29 is 9.53 Å². The van der Waals surface area contributed by atoms with Gasteiger partial charge in [0.15, 0.2) is 0 Å². The van der Waals surface area contributed by atoms with Crippen molar-refractivity contribution in [1.29, 1.82) is 0 Å². The lowest BCUT2D eigenvalue weighted by molar-refractivity contribution is 0.0929. The topological polar surface area (TPSA) is 64.3 Å². The minimum Gasteiger partial charge on any atom is -0.488 e. The van der Waals surface area contributed by atoms with Crippen molar-refractivity contribution in [3.8, 4) is 5.75 Å². The second-order valence-corrected chi connectivity index (χ2v) is 6.50. The number of carbonyl (C=O) groups is 1. The van der Waals surface area contributed by atoms with E-state index in [0.29, 0.717) is 35.4 Å². The Bertz CT molecular complexity index is 703. The summed E-state index contributed by atoms with van der Waals surface area (Å²) < 4.78 is 5.84. The van der Waals surface area contributed by atoms with Gasteiger partial charge in [0.25, 0.3) is 5.91 Å². The minimum atomic E-state index is -0.135. The Morgan fingerprint density at radius 3 is 2.52 bits per heavy atom. The molecular formula is C19H22Cl2N2O2. The number of halogens is 2. The van der Waals surface area contributed by atoms with Crippen LogP contribution in [-0.4, -0.2) is 18.5 Å². The van der Waals surface area contributed by atoms with Crippen LogP contribution in [0, 0.1) is 5.92 Å². The van der Waals surface area contributed by atoms with Gasteiger partial charge in [-0.15, -0.1) is 12.4 Å². The van der Waals surface area contributed by atoms with E-state index in [1.807, 2.05) is 36.4 Å². The van der Waals surface area contributed by atoms with Crippen molar-refractivity contribution in [3.05, 3.63) is 64.7 Å². The van der Waals surface area contributed by atoms with Gasteiger partial charge in [0.05, 0.1) is 5.56 Å². The van der Waals surface area contributed by atoms with E-state index in [-0.39, 0.29) is 24.4 Å². The molecule has 0 bridgehead atoms. The third-order valence-electron chi connectivity index (χ3n) is 4.20. The first-order valence-corrected chi connectivity index (χ1v) is 8.52. The van der Waals surface area contributed by atoms with Gasteiger partial charge in [-0.25, -0.2) is 0 Å². The predicted octanol–water partition coefficient (Wildman–Crippen LogP) is 3.81. The molecule has 1 aliphatic carbocycles. The van der Waals surface area contributed by atoms with E-state index in [9.17, 15) is 4.79 Å². The summed E-state index contributed by atoms with van der Waals surface area (Å²) in [6.45, 7) is 0.842. The molecule has 1 fully saturated rings. The van der Waals surface area contributed by atoms with Crippen molar-refractivity contribution in [1.82, 2.24) is 5.32 Å². The summed E-state index contributed by atoms with van der Waals surface area (Å²) >= 11 is 5.88. The number of hydrogen-bond acceptors (Lipinski definition) is 3. The largest absolute Gasteiger partial charge is 0.488 e. The maximum absolute atomic E-state index is 12.6. The molecule has 0 saturated heterocycles. The Kier molecular flexibility index (Phi) is 7.12. The number of nitrogens with two attached hydrogens (primary N) is 1. The Morgan fingerprint density at radius 1 is 1.20 bits per heavy atom. The van der Waals surface area contributed by atoms with Crippen molar-refractivity contribution in [3.63, 3.8) is 0 Å². The molecule has 1 aliphatic rings. The Morgan fingerprint density at radius 2 is 1.88 bits per heavy atom. The summed E-state index contributed by atoms with van der Waals surface area (Å²) in [7, 11) is 0.